The maximum Gasteiger partial charge on any atom is 0.211 e. The zero-order chi connectivity index (χ0) is 17.6. The largest absolute Gasteiger partial charge is 0.489 e. The number of ether oxygens (including phenoxy) is 2. The molecule has 1 saturated heterocycles. The lowest BCUT2D eigenvalue weighted by Gasteiger charge is -2.31. The van der Waals surface area contributed by atoms with Crippen molar-refractivity contribution in [1.29, 1.82) is 0 Å². The van der Waals surface area contributed by atoms with E-state index in [1.807, 2.05) is 31.2 Å². The molecular weight excluding hydrogens is 328 g/mol. The lowest BCUT2D eigenvalue weighted by molar-refractivity contribution is -0.000103. The van der Waals surface area contributed by atoms with Gasteiger partial charge in [0.2, 0.25) is 10.0 Å². The van der Waals surface area contributed by atoms with Crippen LogP contribution in [0.15, 0.2) is 36.4 Å². The van der Waals surface area contributed by atoms with Crippen molar-refractivity contribution in [1.82, 2.24) is 9.62 Å². The van der Waals surface area contributed by atoms with Gasteiger partial charge in [-0.1, -0.05) is 18.7 Å². The van der Waals surface area contributed by atoms with Gasteiger partial charge in [-0.15, -0.1) is 0 Å². The smallest absolute Gasteiger partial charge is 0.211 e. The highest BCUT2D eigenvalue weighted by Gasteiger charge is 2.26. The van der Waals surface area contributed by atoms with Crippen molar-refractivity contribution in [3.05, 3.63) is 42.0 Å². The van der Waals surface area contributed by atoms with Crippen LogP contribution in [-0.4, -0.2) is 57.9 Å². The number of benzene rings is 1. The van der Waals surface area contributed by atoms with E-state index >= 15 is 0 Å². The van der Waals surface area contributed by atoms with Crippen LogP contribution in [0.25, 0.3) is 0 Å². The second-order valence-electron chi connectivity index (χ2n) is 6.14. The van der Waals surface area contributed by atoms with Crippen LogP contribution >= 0.6 is 0 Å². The van der Waals surface area contributed by atoms with Crippen molar-refractivity contribution in [2.75, 3.05) is 39.1 Å². The van der Waals surface area contributed by atoms with E-state index in [2.05, 4.69) is 11.9 Å². The topological polar surface area (TPSA) is 67.9 Å². The molecule has 0 spiro atoms. The molecule has 1 heterocycles. The predicted molar refractivity (Wildman–Crippen MR) is 94.6 cm³/mol. The number of hydrogen-bond acceptors (Lipinski definition) is 5. The molecule has 1 fully saturated rings. The minimum Gasteiger partial charge on any atom is -0.489 e. The zero-order valence-electron chi connectivity index (χ0n) is 14.3. The minimum absolute atomic E-state index is 0.128. The SMILES string of the molecule is C=C(C)COc1cccc(CNCC2CN(S(C)(=O)=O)CCO2)c1. The lowest BCUT2D eigenvalue weighted by Crippen LogP contribution is -2.48. The van der Waals surface area contributed by atoms with Gasteiger partial charge in [0, 0.05) is 26.2 Å². The van der Waals surface area contributed by atoms with Gasteiger partial charge < -0.3 is 14.8 Å². The molecule has 0 amide bonds. The summed E-state index contributed by atoms with van der Waals surface area (Å²) in [5.41, 5.74) is 2.08. The second-order valence-corrected chi connectivity index (χ2v) is 8.12. The van der Waals surface area contributed by atoms with Crippen LogP contribution in [0, 0.1) is 0 Å². The highest BCUT2D eigenvalue weighted by Crippen LogP contribution is 2.14. The average molecular weight is 354 g/mol. The number of hydrogen-bond donors (Lipinski definition) is 1. The summed E-state index contributed by atoms with van der Waals surface area (Å²) in [5.74, 6) is 0.814. The third-order valence-electron chi connectivity index (χ3n) is 3.66. The molecule has 0 aromatic heterocycles. The first-order valence-corrected chi connectivity index (χ1v) is 9.83. The van der Waals surface area contributed by atoms with Crippen LogP contribution in [0.1, 0.15) is 12.5 Å². The van der Waals surface area contributed by atoms with Crippen molar-refractivity contribution >= 4 is 10.0 Å². The summed E-state index contributed by atoms with van der Waals surface area (Å²) in [4.78, 5) is 0. The Balaban J connectivity index is 1.79. The highest BCUT2D eigenvalue weighted by molar-refractivity contribution is 7.88. The molecule has 1 aromatic carbocycles. The highest BCUT2D eigenvalue weighted by atomic mass is 32.2. The van der Waals surface area contributed by atoms with Crippen LogP contribution in [0.5, 0.6) is 5.75 Å². The summed E-state index contributed by atoms with van der Waals surface area (Å²) in [7, 11) is -3.15. The number of rotatable bonds is 8. The fourth-order valence-corrected chi connectivity index (χ4v) is 3.29. The van der Waals surface area contributed by atoms with Gasteiger partial charge >= 0.3 is 0 Å². The van der Waals surface area contributed by atoms with Gasteiger partial charge in [-0.3, -0.25) is 0 Å². The molecular formula is C17H26N2O4S. The lowest BCUT2D eigenvalue weighted by atomic mass is 10.2. The summed E-state index contributed by atoms with van der Waals surface area (Å²) in [6, 6.07) is 7.87. The predicted octanol–water partition coefficient (Wildman–Crippen LogP) is 1.39. The first-order valence-electron chi connectivity index (χ1n) is 7.98. The normalized spacial score (nSPS) is 19.2. The van der Waals surface area contributed by atoms with E-state index in [9.17, 15) is 8.42 Å². The van der Waals surface area contributed by atoms with E-state index < -0.39 is 10.0 Å². The number of sulfonamides is 1. The van der Waals surface area contributed by atoms with E-state index in [1.54, 1.807) is 0 Å². The van der Waals surface area contributed by atoms with Gasteiger partial charge in [-0.2, -0.15) is 4.31 Å². The molecule has 0 aliphatic carbocycles. The molecule has 0 radical (unpaired) electrons. The fraction of sp³-hybridized carbons (Fsp3) is 0.529. The molecule has 1 aromatic rings. The van der Waals surface area contributed by atoms with Crippen LogP contribution in [0.3, 0.4) is 0 Å². The maximum atomic E-state index is 11.6. The molecule has 1 N–H and O–H groups in total. The van der Waals surface area contributed by atoms with Crippen molar-refractivity contribution < 1.29 is 17.9 Å². The van der Waals surface area contributed by atoms with E-state index in [1.165, 1.54) is 10.6 Å². The van der Waals surface area contributed by atoms with Crippen LogP contribution in [0.2, 0.25) is 0 Å². The maximum absolute atomic E-state index is 11.6. The van der Waals surface area contributed by atoms with Crippen LogP contribution < -0.4 is 10.1 Å². The Morgan fingerprint density at radius 1 is 1.50 bits per heavy atom. The van der Waals surface area contributed by atoms with Gasteiger partial charge in [0.25, 0.3) is 0 Å². The quantitative estimate of drug-likeness (QED) is 0.715. The molecule has 24 heavy (non-hydrogen) atoms. The van der Waals surface area contributed by atoms with Crippen molar-refractivity contribution in [2.45, 2.75) is 19.6 Å². The summed E-state index contributed by atoms with van der Waals surface area (Å²) in [5, 5.41) is 3.32. The van der Waals surface area contributed by atoms with E-state index in [4.69, 9.17) is 9.47 Å². The molecule has 1 aliphatic heterocycles. The molecule has 1 unspecified atom stereocenters. The summed E-state index contributed by atoms with van der Waals surface area (Å²) in [6.45, 7) is 8.78. The Kier molecular flexibility index (Phi) is 6.79. The van der Waals surface area contributed by atoms with Crippen molar-refractivity contribution in [2.24, 2.45) is 0 Å². The minimum atomic E-state index is -3.15. The van der Waals surface area contributed by atoms with Gasteiger partial charge in [-0.25, -0.2) is 8.42 Å². The Bertz CT molecular complexity index is 660. The summed E-state index contributed by atoms with van der Waals surface area (Å²) in [6.07, 6.45) is 1.11. The third kappa shape index (κ3) is 6.24. The monoisotopic (exact) mass is 354 g/mol. The van der Waals surface area contributed by atoms with Gasteiger partial charge in [0.05, 0.1) is 19.0 Å². The molecule has 1 aliphatic rings. The van der Waals surface area contributed by atoms with E-state index in [0.29, 0.717) is 39.4 Å². The number of morpholine rings is 1. The average Bonchev–Trinajstić information content (AvgIpc) is 2.53. The Hall–Kier alpha value is -1.41. The van der Waals surface area contributed by atoms with Crippen molar-refractivity contribution in [3.8, 4) is 5.75 Å². The van der Waals surface area contributed by atoms with E-state index in [0.717, 1.165) is 16.9 Å². The standard InChI is InChI=1S/C17H26N2O4S/c1-14(2)13-23-16-6-4-5-15(9-16)10-18-11-17-12-19(7-8-22-17)24(3,20)21/h4-6,9,17-18H,1,7-8,10-13H2,2-3H3. The number of nitrogens with zero attached hydrogens (tertiary/aromatic N) is 1. The molecule has 6 nitrogen and oxygen atoms in total. The molecule has 0 saturated carbocycles. The zero-order valence-corrected chi connectivity index (χ0v) is 15.1. The van der Waals surface area contributed by atoms with Crippen LogP contribution in [0.4, 0.5) is 0 Å². The number of nitrogens with one attached hydrogen (secondary N) is 1. The van der Waals surface area contributed by atoms with E-state index in [-0.39, 0.29) is 6.10 Å². The van der Waals surface area contributed by atoms with Gasteiger partial charge in [0.15, 0.2) is 0 Å². The fourth-order valence-electron chi connectivity index (χ4n) is 2.45. The van der Waals surface area contributed by atoms with Gasteiger partial charge in [0.1, 0.15) is 12.4 Å². The summed E-state index contributed by atoms with van der Waals surface area (Å²) < 4.78 is 35.9. The first kappa shape index (κ1) is 18.9. The van der Waals surface area contributed by atoms with Crippen molar-refractivity contribution in [3.63, 3.8) is 0 Å². The molecule has 2 rings (SSSR count). The Morgan fingerprint density at radius 3 is 3.00 bits per heavy atom. The molecule has 1 atom stereocenters. The Labute approximate surface area is 144 Å². The second kappa shape index (κ2) is 8.62. The molecule has 7 heteroatoms. The summed E-state index contributed by atoms with van der Waals surface area (Å²) >= 11 is 0. The third-order valence-corrected chi connectivity index (χ3v) is 4.93. The van der Waals surface area contributed by atoms with Crippen LogP contribution in [-0.2, 0) is 21.3 Å². The van der Waals surface area contributed by atoms with Gasteiger partial charge in [-0.05, 0) is 30.2 Å². The Morgan fingerprint density at radius 2 is 2.29 bits per heavy atom. The molecule has 134 valence electrons. The first-order chi connectivity index (χ1) is 11.3. The molecule has 0 bridgehead atoms.